The van der Waals surface area contributed by atoms with Crippen molar-refractivity contribution in [1.29, 1.82) is 5.26 Å². The number of carbonyl (C=O) groups is 2. The molecule has 3 heterocycles. The first-order valence-corrected chi connectivity index (χ1v) is 17.8. The summed E-state index contributed by atoms with van der Waals surface area (Å²) in [6, 6.07) is 15.8. The molecule has 266 valence electrons. The summed E-state index contributed by atoms with van der Waals surface area (Å²) in [6.45, 7) is 7.86. The van der Waals surface area contributed by atoms with E-state index < -0.39 is 23.4 Å². The van der Waals surface area contributed by atoms with Crippen LogP contribution in [-0.2, 0) is 15.7 Å². The Morgan fingerprint density at radius 1 is 0.980 bits per heavy atom. The lowest BCUT2D eigenvalue weighted by Crippen LogP contribution is -2.50. The normalized spacial score (nSPS) is 15.8. The van der Waals surface area contributed by atoms with Crippen molar-refractivity contribution in [3.05, 3.63) is 72.1 Å². The van der Waals surface area contributed by atoms with Gasteiger partial charge in [0.1, 0.15) is 5.60 Å². The molecule has 0 saturated carbocycles. The van der Waals surface area contributed by atoms with Crippen LogP contribution in [0.1, 0.15) is 51.2 Å². The summed E-state index contributed by atoms with van der Waals surface area (Å²) < 4.78 is 47.9. The molecule has 2 aliphatic heterocycles. The van der Waals surface area contributed by atoms with Crippen LogP contribution in [0.15, 0.2) is 65.8 Å². The zero-order valence-electron chi connectivity index (χ0n) is 28.6. The molecule has 2 aliphatic rings. The molecule has 0 aliphatic carbocycles. The molecule has 1 N–H and O–H groups in total. The molecule has 1 aromatic heterocycles. The van der Waals surface area contributed by atoms with Gasteiger partial charge >= 0.3 is 12.3 Å². The zero-order valence-corrected chi connectivity index (χ0v) is 29.4. The summed E-state index contributed by atoms with van der Waals surface area (Å²) in [5, 5.41) is 12.1. The van der Waals surface area contributed by atoms with Gasteiger partial charge < -0.3 is 24.8 Å². The van der Waals surface area contributed by atoms with Crippen LogP contribution in [0, 0.1) is 17.2 Å². The molecule has 2 aromatic carbocycles. The van der Waals surface area contributed by atoms with E-state index in [1.807, 2.05) is 29.3 Å². The number of piperazine rings is 1. The molecule has 2 fully saturated rings. The van der Waals surface area contributed by atoms with E-state index in [2.05, 4.69) is 16.4 Å². The minimum atomic E-state index is -4.57. The second-order valence-corrected chi connectivity index (χ2v) is 14.6. The molecule has 2 amide bonds. The van der Waals surface area contributed by atoms with Crippen molar-refractivity contribution in [1.82, 2.24) is 14.8 Å². The lowest BCUT2D eigenvalue weighted by atomic mass is 9.99. The van der Waals surface area contributed by atoms with Crippen molar-refractivity contribution >= 4 is 35.1 Å². The fourth-order valence-corrected chi connectivity index (χ4v) is 7.31. The largest absolute Gasteiger partial charge is 0.444 e. The molecular weight excluding hydrogens is 666 g/mol. The van der Waals surface area contributed by atoms with Crippen LogP contribution in [0.4, 0.5) is 29.3 Å². The van der Waals surface area contributed by atoms with Crippen LogP contribution in [0.5, 0.6) is 0 Å². The first kappa shape index (κ1) is 36.8. The van der Waals surface area contributed by atoms with E-state index in [1.54, 1.807) is 61.8 Å². The molecule has 0 unspecified atom stereocenters. The number of aromatic nitrogens is 1. The summed E-state index contributed by atoms with van der Waals surface area (Å²) in [5.74, 6) is 1.34. The number of nitrogens with zero attached hydrogens (tertiary/aromatic N) is 5. The Balaban J connectivity index is 1.08. The number of nitriles is 1. The van der Waals surface area contributed by atoms with Crippen molar-refractivity contribution in [3.8, 4) is 17.2 Å². The van der Waals surface area contributed by atoms with E-state index in [0.29, 0.717) is 30.3 Å². The highest BCUT2D eigenvalue weighted by atomic mass is 32.2. The number of benzene rings is 2. The van der Waals surface area contributed by atoms with Crippen LogP contribution in [0.3, 0.4) is 0 Å². The summed E-state index contributed by atoms with van der Waals surface area (Å²) in [4.78, 5) is 35.8. The van der Waals surface area contributed by atoms with Gasteiger partial charge in [0.25, 0.3) is 0 Å². The van der Waals surface area contributed by atoms with Gasteiger partial charge in [0, 0.05) is 92.2 Å². The van der Waals surface area contributed by atoms with Gasteiger partial charge in [0.05, 0.1) is 17.2 Å². The maximum atomic E-state index is 14.2. The number of halogens is 3. The molecule has 2 saturated heterocycles. The van der Waals surface area contributed by atoms with E-state index in [1.165, 1.54) is 11.0 Å². The van der Waals surface area contributed by atoms with E-state index in [4.69, 9.17) is 10.00 Å². The third-order valence-electron chi connectivity index (χ3n) is 8.79. The molecule has 0 radical (unpaired) electrons. The van der Waals surface area contributed by atoms with Crippen LogP contribution >= 0.6 is 11.8 Å². The molecule has 0 atom stereocenters. The molecule has 9 nitrogen and oxygen atoms in total. The first-order valence-electron chi connectivity index (χ1n) is 16.8. The van der Waals surface area contributed by atoms with Crippen molar-refractivity contribution < 1.29 is 27.5 Å². The van der Waals surface area contributed by atoms with E-state index in [-0.39, 0.29) is 50.7 Å². The van der Waals surface area contributed by atoms with Crippen LogP contribution < -0.4 is 10.2 Å². The highest BCUT2D eigenvalue weighted by Gasteiger charge is 2.36. The molecular formula is C37H43F3N6O3S. The molecule has 13 heteroatoms. The van der Waals surface area contributed by atoms with E-state index in [0.717, 1.165) is 40.7 Å². The lowest BCUT2D eigenvalue weighted by molar-refractivity contribution is -0.137. The van der Waals surface area contributed by atoms with Crippen LogP contribution in [0.25, 0.3) is 11.1 Å². The number of hydrogen-bond acceptors (Lipinski definition) is 8. The van der Waals surface area contributed by atoms with Crippen LogP contribution in [-0.4, -0.2) is 84.0 Å². The Morgan fingerprint density at radius 2 is 1.68 bits per heavy atom. The molecule has 3 aromatic rings. The Kier molecular flexibility index (Phi) is 11.8. The smallest absolute Gasteiger partial charge is 0.418 e. The van der Waals surface area contributed by atoms with Crippen LogP contribution in [0.2, 0.25) is 0 Å². The van der Waals surface area contributed by atoms with Crippen molar-refractivity contribution in [2.45, 2.75) is 56.7 Å². The number of anilines is 2. The SMILES string of the molecule is CC(C)(C)OC(=O)N1CCN(c2ccc(NCCC(=O)N3CCC(CSc4ccncc4-c4ccc(C#N)cc4)CC3)cc2C(F)(F)F)CC1. The zero-order chi connectivity index (χ0) is 35.9. The lowest BCUT2D eigenvalue weighted by Gasteiger charge is -2.37. The Bertz CT molecular complexity index is 1670. The number of carbonyl (C=O) groups excluding carboxylic acids is 2. The Morgan fingerprint density at radius 3 is 2.32 bits per heavy atom. The fourth-order valence-electron chi connectivity index (χ4n) is 6.08. The van der Waals surface area contributed by atoms with Crippen molar-refractivity contribution in [2.75, 3.05) is 61.8 Å². The standard InChI is InChI=1S/C37H43F3N6O3S/c1-36(2,3)49-35(48)46-20-18-44(19-21-46)32-9-8-29(22-31(32)37(38,39)40)43-15-11-34(47)45-16-12-27(13-17-45)25-50-33-10-14-42-24-30(33)28-6-4-26(23-41)5-7-28/h4-10,14,22,24,27,43H,11-13,15-21,25H2,1-3H3. The number of alkyl halides is 3. The second kappa shape index (κ2) is 16.1. The highest BCUT2D eigenvalue weighted by Crippen LogP contribution is 2.39. The van der Waals surface area contributed by atoms with Gasteiger partial charge in [-0.1, -0.05) is 12.1 Å². The fraction of sp³-hybridized carbons (Fsp3) is 0.459. The maximum absolute atomic E-state index is 14.2. The Labute approximate surface area is 295 Å². The van der Waals surface area contributed by atoms with Gasteiger partial charge in [-0.15, -0.1) is 11.8 Å². The third-order valence-corrected chi connectivity index (χ3v) is 10.1. The number of rotatable bonds is 9. The summed E-state index contributed by atoms with van der Waals surface area (Å²) in [5.41, 5.74) is 1.61. The monoisotopic (exact) mass is 708 g/mol. The minimum absolute atomic E-state index is 0.0173. The van der Waals surface area contributed by atoms with Gasteiger partial charge in [0.15, 0.2) is 0 Å². The van der Waals surface area contributed by atoms with E-state index >= 15 is 0 Å². The first-order chi connectivity index (χ1) is 23.8. The van der Waals surface area contributed by atoms with Gasteiger partial charge in [-0.05, 0) is 81.5 Å². The highest BCUT2D eigenvalue weighted by molar-refractivity contribution is 7.99. The number of nitrogens with one attached hydrogen (secondary N) is 1. The third kappa shape index (κ3) is 9.84. The number of amides is 2. The number of likely N-dealkylation sites (tertiary alicyclic amines) is 1. The molecule has 0 bridgehead atoms. The molecule has 50 heavy (non-hydrogen) atoms. The summed E-state index contributed by atoms with van der Waals surface area (Å²) in [6.07, 6.45) is 0.519. The van der Waals surface area contributed by atoms with Gasteiger partial charge in [-0.2, -0.15) is 18.4 Å². The summed E-state index contributed by atoms with van der Waals surface area (Å²) >= 11 is 1.77. The van der Waals surface area contributed by atoms with Gasteiger partial charge in [-0.3, -0.25) is 9.78 Å². The number of pyridine rings is 1. The number of piperidine rings is 1. The maximum Gasteiger partial charge on any atom is 0.418 e. The number of ether oxygens (including phenoxy) is 1. The van der Waals surface area contributed by atoms with Gasteiger partial charge in [-0.25, -0.2) is 4.79 Å². The predicted octanol–water partition coefficient (Wildman–Crippen LogP) is 7.53. The van der Waals surface area contributed by atoms with E-state index in [9.17, 15) is 22.8 Å². The second-order valence-electron chi connectivity index (χ2n) is 13.6. The topological polar surface area (TPSA) is 102 Å². The van der Waals surface area contributed by atoms with Crippen molar-refractivity contribution in [2.24, 2.45) is 5.92 Å². The molecule has 5 rings (SSSR count). The van der Waals surface area contributed by atoms with Crippen molar-refractivity contribution in [3.63, 3.8) is 0 Å². The molecule has 0 spiro atoms. The minimum Gasteiger partial charge on any atom is -0.444 e. The number of thioether (sulfide) groups is 1. The average molecular weight is 709 g/mol. The quantitative estimate of drug-likeness (QED) is 0.228. The summed E-state index contributed by atoms with van der Waals surface area (Å²) in [7, 11) is 0. The predicted molar refractivity (Wildman–Crippen MR) is 189 cm³/mol. The van der Waals surface area contributed by atoms with Gasteiger partial charge in [0.2, 0.25) is 5.91 Å². The number of hydrogen-bond donors (Lipinski definition) is 1. The average Bonchev–Trinajstić information content (AvgIpc) is 3.10. The Hall–Kier alpha value is -4.44.